The number of nitrogens with zero attached hydrogens (tertiary/aromatic N) is 3. The number of aryl methyl sites for hydroxylation is 1. The molecule has 0 atom stereocenters. The van der Waals surface area contributed by atoms with Gasteiger partial charge < -0.3 is 4.74 Å². The maximum absolute atomic E-state index is 12.4. The van der Waals surface area contributed by atoms with Gasteiger partial charge in [0.15, 0.2) is 0 Å². The highest BCUT2D eigenvalue weighted by molar-refractivity contribution is 9.10. The fourth-order valence-electron chi connectivity index (χ4n) is 1.62. The van der Waals surface area contributed by atoms with Crippen LogP contribution in [0, 0.1) is 6.92 Å². The second-order valence-electron chi connectivity index (χ2n) is 3.85. The van der Waals surface area contributed by atoms with Crippen LogP contribution in [0.1, 0.15) is 16.2 Å². The van der Waals surface area contributed by atoms with Gasteiger partial charge in [0.25, 0.3) is 5.91 Å². The molecule has 1 aromatic carbocycles. The lowest BCUT2D eigenvalue weighted by Gasteiger charge is -2.12. The average Bonchev–Trinajstić information content (AvgIpc) is 2.79. The van der Waals surface area contributed by atoms with E-state index in [0.29, 0.717) is 22.3 Å². The number of rotatable bonds is 4. The van der Waals surface area contributed by atoms with Crippen LogP contribution < -0.4 is 10.2 Å². The number of hydrogen-bond acceptors (Lipinski definition) is 5. The van der Waals surface area contributed by atoms with Gasteiger partial charge in [0, 0.05) is 4.47 Å². The third kappa shape index (κ3) is 2.96. The fraction of sp³-hybridized carbons (Fsp3) is 0.250. The zero-order chi connectivity index (χ0) is 14.7. The number of ether oxygens (including phenoxy) is 1. The van der Waals surface area contributed by atoms with Crippen LogP contribution in [0.25, 0.3) is 0 Å². The van der Waals surface area contributed by atoms with Crippen LogP contribution in [0.15, 0.2) is 27.8 Å². The molecular formula is C12H13BrN4O2S. The summed E-state index contributed by atoms with van der Waals surface area (Å²) < 4.78 is 7.55. The SMILES string of the molecule is COc1ccc(Br)cc1C(=O)Nn1c(C)nnc1SC. The van der Waals surface area contributed by atoms with Crippen molar-refractivity contribution in [3.63, 3.8) is 0 Å². The Morgan fingerprint density at radius 3 is 2.85 bits per heavy atom. The Hall–Kier alpha value is -1.54. The van der Waals surface area contributed by atoms with E-state index in [1.807, 2.05) is 12.3 Å². The molecular weight excluding hydrogens is 344 g/mol. The third-order valence-electron chi connectivity index (χ3n) is 2.60. The van der Waals surface area contributed by atoms with Gasteiger partial charge in [-0.3, -0.25) is 10.2 Å². The van der Waals surface area contributed by atoms with Crippen molar-refractivity contribution in [1.82, 2.24) is 14.9 Å². The van der Waals surface area contributed by atoms with Crippen molar-refractivity contribution in [2.75, 3.05) is 18.8 Å². The zero-order valence-electron chi connectivity index (χ0n) is 11.2. The van der Waals surface area contributed by atoms with E-state index in [1.165, 1.54) is 18.9 Å². The smallest absolute Gasteiger partial charge is 0.274 e. The van der Waals surface area contributed by atoms with Crippen molar-refractivity contribution in [2.24, 2.45) is 0 Å². The Morgan fingerprint density at radius 1 is 1.45 bits per heavy atom. The Morgan fingerprint density at radius 2 is 2.20 bits per heavy atom. The molecule has 8 heteroatoms. The normalized spacial score (nSPS) is 10.4. The van der Waals surface area contributed by atoms with Crippen molar-refractivity contribution in [3.05, 3.63) is 34.1 Å². The second kappa shape index (κ2) is 6.27. The summed E-state index contributed by atoms with van der Waals surface area (Å²) in [5.41, 5.74) is 3.19. The lowest BCUT2D eigenvalue weighted by molar-refractivity contribution is 0.100. The monoisotopic (exact) mass is 356 g/mol. The van der Waals surface area contributed by atoms with Crippen LogP contribution in [0.4, 0.5) is 0 Å². The Balaban J connectivity index is 2.33. The van der Waals surface area contributed by atoms with E-state index in [9.17, 15) is 4.79 Å². The summed E-state index contributed by atoms with van der Waals surface area (Å²) in [6.07, 6.45) is 1.87. The topological polar surface area (TPSA) is 69.0 Å². The summed E-state index contributed by atoms with van der Waals surface area (Å²) in [6.45, 7) is 1.77. The van der Waals surface area contributed by atoms with Crippen LogP contribution in [0.5, 0.6) is 5.75 Å². The number of hydrogen-bond donors (Lipinski definition) is 1. The molecule has 1 aromatic heterocycles. The maximum atomic E-state index is 12.4. The predicted molar refractivity (Wildman–Crippen MR) is 80.9 cm³/mol. The van der Waals surface area contributed by atoms with Crippen LogP contribution in [0.3, 0.4) is 0 Å². The van der Waals surface area contributed by atoms with Gasteiger partial charge >= 0.3 is 0 Å². The van der Waals surface area contributed by atoms with E-state index in [2.05, 4.69) is 31.6 Å². The van der Waals surface area contributed by atoms with Crippen molar-refractivity contribution in [2.45, 2.75) is 12.1 Å². The fourth-order valence-corrected chi connectivity index (χ4v) is 2.47. The third-order valence-corrected chi connectivity index (χ3v) is 3.72. The summed E-state index contributed by atoms with van der Waals surface area (Å²) in [7, 11) is 1.53. The summed E-state index contributed by atoms with van der Waals surface area (Å²) >= 11 is 4.74. The number of methoxy groups -OCH3 is 1. The van der Waals surface area contributed by atoms with Crippen LogP contribution in [0.2, 0.25) is 0 Å². The molecule has 1 amide bonds. The second-order valence-corrected chi connectivity index (χ2v) is 5.54. The first-order valence-electron chi connectivity index (χ1n) is 5.67. The Labute approximate surface area is 129 Å². The number of carbonyl (C=O) groups excluding carboxylic acids is 1. The first-order chi connectivity index (χ1) is 9.56. The first kappa shape index (κ1) is 14.9. The van der Waals surface area contributed by atoms with E-state index in [0.717, 1.165) is 4.47 Å². The molecule has 0 saturated carbocycles. The van der Waals surface area contributed by atoms with Crippen molar-refractivity contribution in [1.29, 1.82) is 0 Å². The number of nitrogens with one attached hydrogen (secondary N) is 1. The molecule has 0 aliphatic rings. The summed E-state index contributed by atoms with van der Waals surface area (Å²) in [5, 5.41) is 8.51. The molecule has 1 heterocycles. The molecule has 6 nitrogen and oxygen atoms in total. The standard InChI is InChI=1S/C12H13BrN4O2S/c1-7-14-15-12(20-3)17(7)16-11(18)9-6-8(13)4-5-10(9)19-2/h4-6H,1-3H3,(H,16,18). The first-order valence-corrected chi connectivity index (χ1v) is 7.69. The molecule has 0 unspecified atom stereocenters. The summed E-state index contributed by atoms with van der Waals surface area (Å²) in [5.74, 6) is 0.820. The number of thioether (sulfide) groups is 1. The van der Waals surface area contributed by atoms with Gasteiger partial charge in [0.1, 0.15) is 11.6 Å². The lowest BCUT2D eigenvalue weighted by atomic mass is 10.2. The van der Waals surface area contributed by atoms with E-state index < -0.39 is 0 Å². The molecule has 20 heavy (non-hydrogen) atoms. The predicted octanol–water partition coefficient (Wildman–Crippen LogP) is 2.46. The molecule has 0 fully saturated rings. The van der Waals surface area contributed by atoms with E-state index in [1.54, 1.807) is 23.7 Å². The molecule has 0 bridgehead atoms. The minimum atomic E-state index is -0.290. The van der Waals surface area contributed by atoms with Gasteiger partial charge in [-0.1, -0.05) is 27.7 Å². The molecule has 0 radical (unpaired) electrons. The number of carbonyl (C=O) groups is 1. The van der Waals surface area contributed by atoms with Crippen molar-refractivity contribution >= 4 is 33.6 Å². The zero-order valence-corrected chi connectivity index (χ0v) is 13.6. The van der Waals surface area contributed by atoms with Gasteiger partial charge in [0.2, 0.25) is 5.16 Å². The highest BCUT2D eigenvalue weighted by atomic mass is 79.9. The van der Waals surface area contributed by atoms with Gasteiger partial charge in [-0.2, -0.15) is 0 Å². The molecule has 0 aliphatic carbocycles. The minimum Gasteiger partial charge on any atom is -0.496 e. The van der Waals surface area contributed by atoms with Crippen LogP contribution in [-0.4, -0.2) is 34.1 Å². The largest absolute Gasteiger partial charge is 0.496 e. The van der Waals surface area contributed by atoms with Gasteiger partial charge in [0.05, 0.1) is 12.7 Å². The molecule has 1 N–H and O–H groups in total. The maximum Gasteiger partial charge on any atom is 0.274 e. The molecule has 2 aromatic rings. The highest BCUT2D eigenvalue weighted by Crippen LogP contribution is 2.23. The average molecular weight is 357 g/mol. The van der Waals surface area contributed by atoms with E-state index in [-0.39, 0.29) is 5.91 Å². The molecule has 0 spiro atoms. The van der Waals surface area contributed by atoms with Gasteiger partial charge in [-0.25, -0.2) is 4.68 Å². The highest BCUT2D eigenvalue weighted by Gasteiger charge is 2.16. The van der Waals surface area contributed by atoms with Crippen molar-refractivity contribution < 1.29 is 9.53 Å². The quantitative estimate of drug-likeness (QED) is 0.852. The van der Waals surface area contributed by atoms with Gasteiger partial charge in [-0.05, 0) is 31.4 Å². The van der Waals surface area contributed by atoms with Gasteiger partial charge in [-0.15, -0.1) is 10.2 Å². The van der Waals surface area contributed by atoms with Crippen LogP contribution >= 0.6 is 27.7 Å². The van der Waals surface area contributed by atoms with Crippen LogP contribution in [-0.2, 0) is 0 Å². The lowest BCUT2D eigenvalue weighted by Crippen LogP contribution is -2.25. The molecule has 0 aliphatic heterocycles. The number of halogens is 1. The molecule has 106 valence electrons. The Bertz CT molecular complexity index is 644. The summed E-state index contributed by atoms with van der Waals surface area (Å²) in [4.78, 5) is 12.4. The number of benzene rings is 1. The Kier molecular flexibility index (Phi) is 4.66. The molecule has 0 saturated heterocycles. The van der Waals surface area contributed by atoms with E-state index in [4.69, 9.17) is 4.74 Å². The number of amides is 1. The van der Waals surface area contributed by atoms with E-state index >= 15 is 0 Å². The van der Waals surface area contributed by atoms with Crippen molar-refractivity contribution in [3.8, 4) is 5.75 Å². The summed E-state index contributed by atoms with van der Waals surface area (Å²) in [6, 6.07) is 5.24. The number of aromatic nitrogens is 3. The minimum absolute atomic E-state index is 0.290. The molecule has 2 rings (SSSR count).